The molecule has 0 unspecified atom stereocenters. The van der Waals surface area contributed by atoms with Gasteiger partial charge >= 0.3 is 0 Å². The molecule has 0 amide bonds. The monoisotopic (exact) mass is 521 g/mol. The zero-order valence-corrected chi connectivity index (χ0v) is 23.1. The quantitative estimate of drug-likeness (QED) is 0.404. The Labute approximate surface area is 214 Å². The second-order valence-electron chi connectivity index (χ2n) is 10.4. The maximum Gasteiger partial charge on any atom is 0.243 e. The van der Waals surface area contributed by atoms with Crippen LogP contribution in [0, 0.1) is 0 Å². The van der Waals surface area contributed by atoms with Gasteiger partial charge in [-0.2, -0.15) is 4.31 Å². The van der Waals surface area contributed by atoms with E-state index in [2.05, 4.69) is 19.6 Å². The third-order valence-corrected chi connectivity index (χ3v) is 8.89. The lowest BCUT2D eigenvalue weighted by Gasteiger charge is -2.35. The van der Waals surface area contributed by atoms with Crippen molar-refractivity contribution in [2.45, 2.75) is 44.5 Å². The van der Waals surface area contributed by atoms with Gasteiger partial charge in [0.2, 0.25) is 15.8 Å². The van der Waals surface area contributed by atoms with Crippen LogP contribution in [0.3, 0.4) is 0 Å². The molecule has 1 aliphatic heterocycles. The van der Waals surface area contributed by atoms with Crippen LogP contribution in [-0.2, 0) is 24.3 Å². The molecule has 0 fully saturated rings. The fraction of sp³-hybridized carbons (Fsp3) is 0.286. The number of hydrogen-bond donors (Lipinski definition) is 0. The Kier molecular flexibility index (Phi) is 7.05. The van der Waals surface area contributed by atoms with Crippen LogP contribution in [0.4, 0.5) is 0 Å². The molecule has 0 saturated carbocycles. The largest absolute Gasteiger partial charge is 0.486 e. The minimum Gasteiger partial charge on any atom is -0.486 e. The average Bonchev–Trinajstić information content (AvgIpc) is 2.82. The highest BCUT2D eigenvalue weighted by molar-refractivity contribution is 7.89. The van der Waals surface area contributed by atoms with Crippen LogP contribution in [0.15, 0.2) is 93.7 Å². The SMILES string of the molecule is CC(C)OC1=C(c2ccccc2)C(=O)C2=C(C1=O)/C(=C/[Si](C)(C)C)CN(S(=O)(=O)c1ccccc1)C2. The van der Waals surface area contributed by atoms with Gasteiger partial charge in [0.05, 0.1) is 24.6 Å². The van der Waals surface area contributed by atoms with E-state index in [1.807, 2.05) is 25.6 Å². The van der Waals surface area contributed by atoms with E-state index in [0.717, 1.165) is 0 Å². The molecule has 36 heavy (non-hydrogen) atoms. The Hall–Kier alpha value is -3.07. The van der Waals surface area contributed by atoms with E-state index in [-0.39, 0.29) is 58.1 Å². The lowest BCUT2D eigenvalue weighted by atomic mass is 9.80. The van der Waals surface area contributed by atoms with E-state index >= 15 is 0 Å². The topological polar surface area (TPSA) is 80.8 Å². The molecule has 0 N–H and O–H groups in total. The summed E-state index contributed by atoms with van der Waals surface area (Å²) in [5.74, 6) is -0.708. The van der Waals surface area contributed by atoms with Crippen molar-refractivity contribution in [3.8, 4) is 0 Å². The molecular weight excluding hydrogens is 490 g/mol. The van der Waals surface area contributed by atoms with E-state index in [1.54, 1.807) is 54.6 Å². The van der Waals surface area contributed by atoms with E-state index in [9.17, 15) is 18.0 Å². The van der Waals surface area contributed by atoms with E-state index in [4.69, 9.17) is 4.74 Å². The van der Waals surface area contributed by atoms with Crippen LogP contribution in [-0.4, -0.2) is 51.6 Å². The molecule has 6 nitrogen and oxygen atoms in total. The average molecular weight is 522 g/mol. The van der Waals surface area contributed by atoms with Crippen molar-refractivity contribution in [3.63, 3.8) is 0 Å². The Balaban J connectivity index is 1.92. The Morgan fingerprint density at radius 1 is 0.861 bits per heavy atom. The second kappa shape index (κ2) is 9.76. The number of carbonyl (C=O) groups is 2. The van der Waals surface area contributed by atoms with E-state index in [1.165, 1.54) is 4.31 Å². The predicted octanol–water partition coefficient (Wildman–Crippen LogP) is 4.78. The molecule has 4 rings (SSSR count). The van der Waals surface area contributed by atoms with Crippen LogP contribution in [0.2, 0.25) is 19.6 Å². The van der Waals surface area contributed by atoms with Gasteiger partial charge < -0.3 is 4.74 Å². The summed E-state index contributed by atoms with van der Waals surface area (Å²) in [6, 6.07) is 17.1. The molecule has 0 atom stereocenters. The number of ether oxygens (including phenoxy) is 1. The highest BCUT2D eigenvalue weighted by Gasteiger charge is 2.44. The van der Waals surface area contributed by atoms with Gasteiger partial charge in [-0.15, -0.1) is 0 Å². The number of allylic oxidation sites excluding steroid dienone is 2. The Bertz CT molecular complexity index is 1400. The van der Waals surface area contributed by atoms with Gasteiger partial charge in [-0.05, 0) is 37.1 Å². The molecule has 0 aromatic heterocycles. The van der Waals surface area contributed by atoms with Gasteiger partial charge in [0, 0.05) is 24.2 Å². The Morgan fingerprint density at radius 2 is 1.44 bits per heavy atom. The number of nitrogens with zero attached hydrogens (tertiary/aromatic N) is 1. The van der Waals surface area contributed by atoms with Gasteiger partial charge in [0.15, 0.2) is 11.5 Å². The van der Waals surface area contributed by atoms with E-state index in [0.29, 0.717) is 11.1 Å². The third kappa shape index (κ3) is 5.07. The normalized spacial score (nSPS) is 18.8. The number of sulfonamides is 1. The summed E-state index contributed by atoms with van der Waals surface area (Å²) in [4.78, 5) is 28.1. The molecule has 2 aliphatic rings. The number of carbonyl (C=O) groups excluding carboxylic acids is 2. The first-order chi connectivity index (χ1) is 16.9. The summed E-state index contributed by atoms with van der Waals surface area (Å²) in [7, 11) is -5.81. The van der Waals surface area contributed by atoms with Crippen LogP contribution in [0.1, 0.15) is 19.4 Å². The lowest BCUT2D eigenvalue weighted by molar-refractivity contribution is -0.118. The second-order valence-corrected chi connectivity index (χ2v) is 17.3. The molecule has 0 spiro atoms. The number of hydrogen-bond acceptors (Lipinski definition) is 5. The first-order valence-electron chi connectivity index (χ1n) is 12.0. The third-order valence-electron chi connectivity index (χ3n) is 5.87. The van der Waals surface area contributed by atoms with Gasteiger partial charge in [-0.1, -0.05) is 73.9 Å². The molecule has 1 aliphatic carbocycles. The van der Waals surface area contributed by atoms with Crippen LogP contribution in [0.5, 0.6) is 0 Å². The highest BCUT2D eigenvalue weighted by Crippen LogP contribution is 2.39. The fourth-order valence-electron chi connectivity index (χ4n) is 4.49. The zero-order valence-electron chi connectivity index (χ0n) is 21.2. The first kappa shape index (κ1) is 26.0. The zero-order chi connectivity index (χ0) is 26.3. The summed E-state index contributed by atoms with van der Waals surface area (Å²) in [6.45, 7) is 9.79. The molecule has 8 heteroatoms. The number of Topliss-reactive ketones (excluding diaryl/α,β-unsaturated/α-hetero) is 2. The van der Waals surface area contributed by atoms with Crippen molar-refractivity contribution >= 4 is 35.2 Å². The number of rotatable bonds is 6. The molecule has 2 aromatic carbocycles. The molecule has 1 heterocycles. The standard InChI is InChI=1S/C28H31NO5SSi/c1-19(2)34-28-25(20-12-8-6-9-13-20)26(30)23-17-29(35(32,33)22-14-10-7-11-15-22)16-21(18-36(3,4)5)24(23)27(28)31/h6-15,18-19H,16-17H2,1-5H3/b21-18+. The minimum atomic E-state index is -3.89. The lowest BCUT2D eigenvalue weighted by Crippen LogP contribution is -2.44. The summed E-state index contributed by atoms with van der Waals surface area (Å²) >= 11 is 0. The van der Waals surface area contributed by atoms with Crippen molar-refractivity contribution in [2.75, 3.05) is 13.1 Å². The highest BCUT2D eigenvalue weighted by atomic mass is 32.2. The van der Waals surface area contributed by atoms with Crippen molar-refractivity contribution in [1.29, 1.82) is 0 Å². The minimum absolute atomic E-state index is 0.0228. The van der Waals surface area contributed by atoms with Gasteiger partial charge in [-0.25, -0.2) is 8.42 Å². The maximum absolute atomic E-state index is 14.0. The summed E-state index contributed by atoms with van der Waals surface area (Å²) in [6.07, 6.45) is -0.319. The van der Waals surface area contributed by atoms with Crippen molar-refractivity contribution in [1.82, 2.24) is 4.31 Å². The van der Waals surface area contributed by atoms with Crippen molar-refractivity contribution in [2.24, 2.45) is 0 Å². The first-order valence-corrected chi connectivity index (χ1v) is 17.0. The molecule has 2 aromatic rings. The van der Waals surface area contributed by atoms with Gasteiger partial charge in [-0.3, -0.25) is 9.59 Å². The molecule has 0 radical (unpaired) electrons. The molecule has 188 valence electrons. The predicted molar refractivity (Wildman–Crippen MR) is 143 cm³/mol. The van der Waals surface area contributed by atoms with Crippen molar-refractivity contribution in [3.05, 3.63) is 94.4 Å². The van der Waals surface area contributed by atoms with Crippen LogP contribution >= 0.6 is 0 Å². The van der Waals surface area contributed by atoms with Gasteiger partial charge in [0.25, 0.3) is 0 Å². The molecular formula is C28H31NO5SSi. The van der Waals surface area contributed by atoms with Gasteiger partial charge in [0.1, 0.15) is 0 Å². The van der Waals surface area contributed by atoms with E-state index < -0.39 is 18.1 Å². The number of ketones is 2. The summed E-state index contributed by atoms with van der Waals surface area (Å²) in [5.41, 5.74) is 3.82. The van der Waals surface area contributed by atoms with Crippen molar-refractivity contribution < 1.29 is 22.7 Å². The van der Waals surface area contributed by atoms with Crippen LogP contribution < -0.4 is 0 Å². The molecule has 0 saturated heterocycles. The summed E-state index contributed by atoms with van der Waals surface area (Å²) in [5, 5.41) is 0. The maximum atomic E-state index is 14.0. The smallest absolute Gasteiger partial charge is 0.243 e. The number of benzene rings is 2. The fourth-order valence-corrected chi connectivity index (χ4v) is 7.18. The summed E-state index contributed by atoms with van der Waals surface area (Å²) < 4.78 is 34.4. The Morgan fingerprint density at radius 3 is 2.00 bits per heavy atom. The van der Waals surface area contributed by atoms with Crippen LogP contribution in [0.25, 0.3) is 5.57 Å². The molecule has 0 bridgehead atoms.